The van der Waals surface area contributed by atoms with Gasteiger partial charge in [0.1, 0.15) is 0 Å². The second-order valence-corrected chi connectivity index (χ2v) is 7.77. The number of nitrogens with two attached hydrogens (primary N) is 1. The van der Waals surface area contributed by atoms with Gasteiger partial charge in [-0.2, -0.15) is 4.31 Å². The third kappa shape index (κ3) is 3.98. The minimum atomic E-state index is -3.52. The maximum atomic E-state index is 13.1. The smallest absolute Gasteiger partial charge is 0.243 e. The number of benzene rings is 1. The van der Waals surface area contributed by atoms with Crippen LogP contribution in [0.4, 0.5) is 5.69 Å². The lowest BCUT2D eigenvalue weighted by molar-refractivity contribution is 0.277. The van der Waals surface area contributed by atoms with Crippen LogP contribution in [0.15, 0.2) is 23.1 Å². The predicted molar refractivity (Wildman–Crippen MR) is 88.7 cm³/mol. The zero-order chi connectivity index (χ0) is 16.2. The number of hydrogen-bond acceptors (Lipinski definition) is 3. The van der Waals surface area contributed by atoms with Gasteiger partial charge in [0.25, 0.3) is 0 Å². The average Bonchev–Trinajstić information content (AvgIpc) is 2.41. The first-order chi connectivity index (χ1) is 9.75. The highest BCUT2D eigenvalue weighted by molar-refractivity contribution is 7.89. The number of rotatable bonds is 7. The fourth-order valence-corrected chi connectivity index (χ4v) is 4.73. The SMILES string of the molecule is CCC(CC)N(CC(C)C)S(=O)(=O)c1cccc(N)c1C. The molecule has 0 aliphatic heterocycles. The molecule has 0 aromatic heterocycles. The van der Waals surface area contributed by atoms with Crippen molar-refractivity contribution in [1.29, 1.82) is 0 Å². The van der Waals surface area contributed by atoms with E-state index in [9.17, 15) is 8.42 Å². The van der Waals surface area contributed by atoms with Gasteiger partial charge in [0, 0.05) is 18.3 Å². The van der Waals surface area contributed by atoms with Gasteiger partial charge in [-0.3, -0.25) is 0 Å². The van der Waals surface area contributed by atoms with Crippen molar-refractivity contribution in [3.05, 3.63) is 23.8 Å². The summed E-state index contributed by atoms with van der Waals surface area (Å²) in [6, 6.07) is 5.11. The van der Waals surface area contributed by atoms with Crippen molar-refractivity contribution >= 4 is 15.7 Å². The highest BCUT2D eigenvalue weighted by Gasteiger charge is 2.31. The highest BCUT2D eigenvalue weighted by atomic mass is 32.2. The van der Waals surface area contributed by atoms with Crippen molar-refractivity contribution in [1.82, 2.24) is 4.31 Å². The minimum Gasteiger partial charge on any atom is -0.398 e. The van der Waals surface area contributed by atoms with Crippen LogP contribution in [-0.4, -0.2) is 25.3 Å². The molecule has 0 atom stereocenters. The van der Waals surface area contributed by atoms with Crippen molar-refractivity contribution in [3.63, 3.8) is 0 Å². The molecule has 0 unspecified atom stereocenters. The third-order valence-corrected chi connectivity index (χ3v) is 5.87. The Kier molecular flexibility index (Phi) is 6.23. The van der Waals surface area contributed by atoms with E-state index in [-0.39, 0.29) is 12.0 Å². The maximum absolute atomic E-state index is 13.1. The first kappa shape index (κ1) is 18.0. The second kappa shape index (κ2) is 7.27. The van der Waals surface area contributed by atoms with Gasteiger partial charge in [0.05, 0.1) is 4.90 Å². The van der Waals surface area contributed by atoms with E-state index >= 15 is 0 Å². The molecular weight excluding hydrogens is 284 g/mol. The lowest BCUT2D eigenvalue weighted by atomic mass is 10.1. The lowest BCUT2D eigenvalue weighted by Gasteiger charge is -2.31. The quantitative estimate of drug-likeness (QED) is 0.785. The largest absolute Gasteiger partial charge is 0.398 e. The Labute approximate surface area is 129 Å². The fourth-order valence-electron chi connectivity index (χ4n) is 2.54. The van der Waals surface area contributed by atoms with E-state index < -0.39 is 10.0 Å². The first-order valence-electron chi connectivity index (χ1n) is 7.62. The van der Waals surface area contributed by atoms with Crippen molar-refractivity contribution in [2.75, 3.05) is 12.3 Å². The van der Waals surface area contributed by atoms with Crippen LogP contribution in [-0.2, 0) is 10.0 Å². The van der Waals surface area contributed by atoms with E-state index in [0.717, 1.165) is 12.8 Å². The van der Waals surface area contributed by atoms with E-state index in [1.807, 2.05) is 27.7 Å². The Bertz CT molecular complexity index is 564. The molecule has 0 spiro atoms. The molecule has 4 nitrogen and oxygen atoms in total. The molecule has 120 valence electrons. The van der Waals surface area contributed by atoms with Gasteiger partial charge in [-0.1, -0.05) is 33.8 Å². The van der Waals surface area contributed by atoms with E-state index in [4.69, 9.17) is 5.73 Å². The molecule has 0 bridgehead atoms. The normalized spacial score (nSPS) is 12.6. The Morgan fingerprint density at radius 1 is 1.19 bits per heavy atom. The van der Waals surface area contributed by atoms with Gasteiger partial charge in [-0.05, 0) is 43.4 Å². The van der Waals surface area contributed by atoms with Crippen LogP contribution < -0.4 is 5.73 Å². The van der Waals surface area contributed by atoms with Crippen LogP contribution in [0.1, 0.15) is 46.1 Å². The number of sulfonamides is 1. The fraction of sp³-hybridized carbons (Fsp3) is 0.625. The first-order valence-corrected chi connectivity index (χ1v) is 9.06. The lowest BCUT2D eigenvalue weighted by Crippen LogP contribution is -2.42. The molecule has 0 radical (unpaired) electrons. The molecule has 0 aliphatic rings. The van der Waals surface area contributed by atoms with E-state index in [2.05, 4.69) is 0 Å². The zero-order valence-electron chi connectivity index (χ0n) is 13.8. The summed E-state index contributed by atoms with van der Waals surface area (Å²) in [4.78, 5) is 0.329. The Hall–Kier alpha value is -1.07. The maximum Gasteiger partial charge on any atom is 0.243 e. The van der Waals surface area contributed by atoms with Gasteiger partial charge < -0.3 is 5.73 Å². The Balaban J connectivity index is 3.36. The van der Waals surface area contributed by atoms with Gasteiger partial charge in [0.2, 0.25) is 10.0 Å². The van der Waals surface area contributed by atoms with Crippen molar-refractivity contribution in [3.8, 4) is 0 Å². The molecule has 0 saturated carbocycles. The summed E-state index contributed by atoms with van der Waals surface area (Å²) in [7, 11) is -3.52. The Morgan fingerprint density at radius 3 is 2.24 bits per heavy atom. The van der Waals surface area contributed by atoms with Gasteiger partial charge in [-0.15, -0.1) is 0 Å². The van der Waals surface area contributed by atoms with Crippen LogP contribution in [0.5, 0.6) is 0 Å². The molecule has 1 aromatic rings. The van der Waals surface area contributed by atoms with Crippen LogP contribution in [0, 0.1) is 12.8 Å². The third-order valence-electron chi connectivity index (χ3n) is 3.81. The van der Waals surface area contributed by atoms with Crippen LogP contribution in [0.25, 0.3) is 0 Å². The summed E-state index contributed by atoms with van der Waals surface area (Å²) in [5, 5.41) is 0. The molecule has 0 saturated heterocycles. The molecule has 0 fully saturated rings. The summed E-state index contributed by atoms with van der Waals surface area (Å²) < 4.78 is 27.8. The van der Waals surface area contributed by atoms with Crippen molar-refractivity contribution in [2.45, 2.75) is 58.4 Å². The van der Waals surface area contributed by atoms with Crippen molar-refractivity contribution < 1.29 is 8.42 Å². The molecule has 1 rings (SSSR count). The van der Waals surface area contributed by atoms with Crippen LogP contribution in [0.3, 0.4) is 0 Å². The summed E-state index contributed by atoms with van der Waals surface area (Å²) >= 11 is 0. The van der Waals surface area contributed by atoms with E-state index in [0.29, 0.717) is 22.7 Å². The summed E-state index contributed by atoms with van der Waals surface area (Å²) in [5.74, 6) is 0.279. The Morgan fingerprint density at radius 2 is 1.76 bits per heavy atom. The van der Waals surface area contributed by atoms with E-state index in [1.54, 1.807) is 29.4 Å². The monoisotopic (exact) mass is 312 g/mol. The summed E-state index contributed by atoms with van der Waals surface area (Å²) in [5.41, 5.74) is 7.03. The number of nitrogen functional groups attached to an aromatic ring is 1. The van der Waals surface area contributed by atoms with Crippen LogP contribution in [0.2, 0.25) is 0 Å². The van der Waals surface area contributed by atoms with Gasteiger partial charge in [-0.25, -0.2) is 8.42 Å². The molecule has 1 aromatic carbocycles. The zero-order valence-corrected chi connectivity index (χ0v) is 14.6. The molecule has 21 heavy (non-hydrogen) atoms. The average molecular weight is 312 g/mol. The van der Waals surface area contributed by atoms with Crippen molar-refractivity contribution in [2.24, 2.45) is 5.92 Å². The summed E-state index contributed by atoms with van der Waals surface area (Å²) in [6.07, 6.45) is 1.62. The molecule has 0 amide bonds. The number of hydrogen-bond donors (Lipinski definition) is 1. The standard InChI is InChI=1S/C16H28N2O2S/c1-6-14(7-2)18(11-12(3)4)21(19,20)16-10-8-9-15(17)13(16)5/h8-10,12,14H,6-7,11,17H2,1-5H3. The molecule has 5 heteroatoms. The molecule has 0 aliphatic carbocycles. The number of anilines is 1. The predicted octanol–water partition coefficient (Wildman–Crippen LogP) is 3.41. The molecule has 2 N–H and O–H groups in total. The summed E-state index contributed by atoms with van der Waals surface area (Å²) in [6.45, 7) is 10.4. The topological polar surface area (TPSA) is 63.4 Å². The van der Waals surface area contributed by atoms with E-state index in [1.165, 1.54) is 0 Å². The highest BCUT2D eigenvalue weighted by Crippen LogP contribution is 2.27. The minimum absolute atomic E-state index is 0.0261. The number of nitrogens with zero attached hydrogens (tertiary/aromatic N) is 1. The van der Waals surface area contributed by atoms with Crippen LogP contribution >= 0.6 is 0 Å². The second-order valence-electron chi connectivity index (χ2n) is 5.91. The molecular formula is C16H28N2O2S. The van der Waals surface area contributed by atoms with Gasteiger partial charge in [0.15, 0.2) is 0 Å². The molecule has 0 heterocycles. The van der Waals surface area contributed by atoms with Gasteiger partial charge >= 0.3 is 0 Å².